The summed E-state index contributed by atoms with van der Waals surface area (Å²) in [5.74, 6) is -0.191. The highest BCUT2D eigenvalue weighted by molar-refractivity contribution is 6.01. The summed E-state index contributed by atoms with van der Waals surface area (Å²) in [5.41, 5.74) is 1.73. The second-order valence-electron chi connectivity index (χ2n) is 6.11. The Kier molecular flexibility index (Phi) is 5.71. The lowest BCUT2D eigenvalue weighted by atomic mass is 10.2. The van der Waals surface area contributed by atoms with E-state index in [0.717, 1.165) is 6.42 Å². The van der Waals surface area contributed by atoms with Gasteiger partial charge in [0.05, 0.1) is 12.2 Å². The van der Waals surface area contributed by atoms with Crippen molar-refractivity contribution in [1.29, 1.82) is 0 Å². The summed E-state index contributed by atoms with van der Waals surface area (Å²) in [6.07, 6.45) is 0.838. The molecule has 3 amide bonds. The Labute approximate surface area is 157 Å². The monoisotopic (exact) mass is 367 g/mol. The number of benzene rings is 2. The number of amides is 3. The van der Waals surface area contributed by atoms with Gasteiger partial charge in [-0.15, -0.1) is 0 Å². The Morgan fingerprint density at radius 2 is 1.93 bits per heavy atom. The van der Waals surface area contributed by atoms with Crippen molar-refractivity contribution in [3.63, 3.8) is 0 Å². The Hall–Kier alpha value is -3.35. The minimum Gasteiger partial charge on any atom is -0.481 e. The molecule has 27 heavy (non-hydrogen) atoms. The number of hydrogen-bond acceptors (Lipinski definition) is 4. The molecule has 1 aliphatic rings. The third kappa shape index (κ3) is 4.44. The van der Waals surface area contributed by atoms with Gasteiger partial charge in [0.25, 0.3) is 11.8 Å². The molecule has 7 nitrogen and oxygen atoms in total. The van der Waals surface area contributed by atoms with E-state index in [1.807, 2.05) is 13.0 Å². The lowest BCUT2D eigenvalue weighted by molar-refractivity contribution is -0.121. The van der Waals surface area contributed by atoms with E-state index in [1.54, 1.807) is 47.4 Å². The van der Waals surface area contributed by atoms with E-state index in [2.05, 4.69) is 10.6 Å². The van der Waals surface area contributed by atoms with Crippen LogP contribution in [0, 0.1) is 0 Å². The van der Waals surface area contributed by atoms with Crippen molar-refractivity contribution in [3.05, 3.63) is 54.1 Å². The van der Waals surface area contributed by atoms with Gasteiger partial charge in [0.15, 0.2) is 6.61 Å². The Balaban J connectivity index is 1.60. The number of carbonyl (C=O) groups excluding carboxylic acids is 3. The van der Waals surface area contributed by atoms with Crippen molar-refractivity contribution >= 4 is 29.1 Å². The SMILES string of the molecule is CCCN1C(=O)COc2cc(NC(=O)CNC(=O)c3ccccc3)ccc21. The maximum absolute atomic E-state index is 12.1. The molecule has 0 aromatic heterocycles. The van der Waals surface area contributed by atoms with E-state index >= 15 is 0 Å². The summed E-state index contributed by atoms with van der Waals surface area (Å²) in [6.45, 7) is 2.46. The summed E-state index contributed by atoms with van der Waals surface area (Å²) in [4.78, 5) is 37.7. The molecule has 0 radical (unpaired) electrons. The summed E-state index contributed by atoms with van der Waals surface area (Å²) in [5, 5.41) is 5.30. The number of carbonyl (C=O) groups is 3. The summed E-state index contributed by atoms with van der Waals surface area (Å²) >= 11 is 0. The van der Waals surface area contributed by atoms with Crippen LogP contribution in [0.2, 0.25) is 0 Å². The molecule has 2 aromatic carbocycles. The fourth-order valence-electron chi connectivity index (χ4n) is 2.81. The molecule has 140 valence electrons. The number of rotatable bonds is 6. The van der Waals surface area contributed by atoms with Gasteiger partial charge in [-0.25, -0.2) is 0 Å². The first kappa shape index (κ1) is 18.4. The highest BCUT2D eigenvalue weighted by Crippen LogP contribution is 2.34. The zero-order valence-electron chi connectivity index (χ0n) is 15.0. The molecule has 1 aliphatic heterocycles. The van der Waals surface area contributed by atoms with Crippen LogP contribution in [0.25, 0.3) is 0 Å². The van der Waals surface area contributed by atoms with Gasteiger partial charge in [0, 0.05) is 23.9 Å². The van der Waals surface area contributed by atoms with E-state index in [0.29, 0.717) is 29.2 Å². The van der Waals surface area contributed by atoms with E-state index < -0.39 is 0 Å². The molecule has 0 atom stereocenters. The predicted molar refractivity (Wildman–Crippen MR) is 102 cm³/mol. The van der Waals surface area contributed by atoms with Crippen LogP contribution in [0.5, 0.6) is 5.75 Å². The highest BCUT2D eigenvalue weighted by atomic mass is 16.5. The second kappa shape index (κ2) is 8.35. The first-order valence-corrected chi connectivity index (χ1v) is 8.79. The van der Waals surface area contributed by atoms with Crippen LogP contribution in [0.4, 0.5) is 11.4 Å². The first-order chi connectivity index (χ1) is 13.1. The quantitative estimate of drug-likeness (QED) is 0.819. The van der Waals surface area contributed by atoms with Gasteiger partial charge in [0.1, 0.15) is 5.75 Å². The number of ether oxygens (including phenoxy) is 1. The predicted octanol–water partition coefficient (Wildman–Crippen LogP) is 2.19. The smallest absolute Gasteiger partial charge is 0.265 e. The van der Waals surface area contributed by atoms with Gasteiger partial charge in [-0.3, -0.25) is 14.4 Å². The summed E-state index contributed by atoms with van der Waals surface area (Å²) < 4.78 is 5.48. The van der Waals surface area contributed by atoms with E-state index in [-0.39, 0.29) is 30.9 Å². The van der Waals surface area contributed by atoms with Crippen LogP contribution in [0.15, 0.2) is 48.5 Å². The zero-order chi connectivity index (χ0) is 19.2. The van der Waals surface area contributed by atoms with Crippen LogP contribution in [-0.2, 0) is 9.59 Å². The molecule has 0 aliphatic carbocycles. The van der Waals surface area contributed by atoms with E-state index in [1.165, 1.54) is 0 Å². The maximum atomic E-state index is 12.1. The molecule has 0 saturated heterocycles. The molecule has 2 aromatic rings. The van der Waals surface area contributed by atoms with Crippen molar-refractivity contribution in [2.24, 2.45) is 0 Å². The van der Waals surface area contributed by atoms with Crippen molar-refractivity contribution in [2.75, 3.05) is 29.9 Å². The van der Waals surface area contributed by atoms with Gasteiger partial charge < -0.3 is 20.3 Å². The van der Waals surface area contributed by atoms with Crippen molar-refractivity contribution in [2.45, 2.75) is 13.3 Å². The molecule has 0 unspecified atom stereocenters. The molecule has 0 saturated carbocycles. The van der Waals surface area contributed by atoms with Crippen LogP contribution in [0.1, 0.15) is 23.7 Å². The Bertz CT molecular complexity index is 852. The van der Waals surface area contributed by atoms with Crippen LogP contribution >= 0.6 is 0 Å². The van der Waals surface area contributed by atoms with Crippen molar-refractivity contribution in [3.8, 4) is 5.75 Å². The molecule has 0 spiro atoms. The Morgan fingerprint density at radius 3 is 2.67 bits per heavy atom. The molecular formula is C20H21N3O4. The lowest BCUT2D eigenvalue weighted by Crippen LogP contribution is -2.39. The number of hydrogen-bond donors (Lipinski definition) is 2. The van der Waals surface area contributed by atoms with Crippen LogP contribution < -0.4 is 20.3 Å². The van der Waals surface area contributed by atoms with Crippen LogP contribution in [-0.4, -0.2) is 37.4 Å². The summed E-state index contributed by atoms with van der Waals surface area (Å²) in [6, 6.07) is 13.8. The number of anilines is 2. The average Bonchev–Trinajstić information content (AvgIpc) is 2.69. The number of nitrogens with zero attached hydrogens (tertiary/aromatic N) is 1. The standard InChI is InChI=1S/C20H21N3O4/c1-2-10-23-16-9-8-15(11-17(16)27-13-19(23)25)22-18(24)12-21-20(26)14-6-4-3-5-7-14/h3-9,11H,2,10,12-13H2,1H3,(H,21,26)(H,22,24). The fraction of sp³-hybridized carbons (Fsp3) is 0.250. The lowest BCUT2D eigenvalue weighted by Gasteiger charge is -2.29. The topological polar surface area (TPSA) is 87.7 Å². The number of fused-ring (bicyclic) bond motifs is 1. The van der Waals surface area contributed by atoms with Gasteiger partial charge in [-0.2, -0.15) is 0 Å². The third-order valence-corrected chi connectivity index (χ3v) is 4.08. The zero-order valence-corrected chi connectivity index (χ0v) is 15.0. The van der Waals surface area contributed by atoms with Crippen molar-refractivity contribution < 1.29 is 19.1 Å². The highest BCUT2D eigenvalue weighted by Gasteiger charge is 2.25. The van der Waals surface area contributed by atoms with Gasteiger partial charge in [-0.1, -0.05) is 25.1 Å². The fourth-order valence-corrected chi connectivity index (χ4v) is 2.81. The van der Waals surface area contributed by atoms with Crippen LogP contribution in [0.3, 0.4) is 0 Å². The molecule has 3 rings (SSSR count). The van der Waals surface area contributed by atoms with Gasteiger partial charge >= 0.3 is 0 Å². The largest absolute Gasteiger partial charge is 0.481 e. The first-order valence-electron chi connectivity index (χ1n) is 8.79. The van der Waals surface area contributed by atoms with E-state index in [4.69, 9.17) is 4.74 Å². The molecular weight excluding hydrogens is 346 g/mol. The molecule has 2 N–H and O–H groups in total. The average molecular weight is 367 g/mol. The minimum absolute atomic E-state index is 0.0163. The maximum Gasteiger partial charge on any atom is 0.265 e. The normalized spacial score (nSPS) is 12.8. The third-order valence-electron chi connectivity index (χ3n) is 4.08. The van der Waals surface area contributed by atoms with E-state index in [9.17, 15) is 14.4 Å². The Morgan fingerprint density at radius 1 is 1.15 bits per heavy atom. The second-order valence-corrected chi connectivity index (χ2v) is 6.11. The number of nitrogens with one attached hydrogen (secondary N) is 2. The molecule has 0 fully saturated rings. The van der Waals surface area contributed by atoms with Gasteiger partial charge in [0.2, 0.25) is 5.91 Å². The molecule has 1 heterocycles. The minimum atomic E-state index is -0.350. The van der Waals surface area contributed by atoms with Crippen molar-refractivity contribution in [1.82, 2.24) is 5.32 Å². The van der Waals surface area contributed by atoms with Gasteiger partial charge in [-0.05, 0) is 30.7 Å². The molecule has 0 bridgehead atoms. The molecule has 7 heteroatoms. The summed E-state index contributed by atoms with van der Waals surface area (Å²) in [7, 11) is 0.